The van der Waals surface area contributed by atoms with Gasteiger partial charge in [-0.25, -0.2) is 9.13 Å². The SMILES string of the molecule is CCCCCCCCCCCCCCCCC(=O)OC[C@H](COP(=O)(O)OC[C@@H](O)COP(=O)(O)OC[C@@H](COC(=O)CCCCCCCCCC)OC(=O)CCCCCCCCCC)OC(=O)CCCCCCCCCCCCCCCCC(C)C. The molecular weight excluding hydrogens is 1150 g/mol. The molecule has 0 aromatic carbocycles. The van der Waals surface area contributed by atoms with Gasteiger partial charge in [0.15, 0.2) is 12.2 Å². The first kappa shape index (κ1) is 85.1. The minimum Gasteiger partial charge on any atom is -0.462 e. The summed E-state index contributed by atoms with van der Waals surface area (Å²) in [6.45, 7) is 7.20. The van der Waals surface area contributed by atoms with E-state index in [1.54, 1.807) is 0 Å². The first-order chi connectivity index (χ1) is 42.0. The van der Waals surface area contributed by atoms with Crippen LogP contribution >= 0.6 is 15.6 Å². The summed E-state index contributed by atoms with van der Waals surface area (Å²) >= 11 is 0. The molecule has 0 spiro atoms. The smallest absolute Gasteiger partial charge is 0.462 e. The van der Waals surface area contributed by atoms with Crippen LogP contribution in [0.3, 0.4) is 0 Å². The molecule has 17 nitrogen and oxygen atoms in total. The van der Waals surface area contributed by atoms with Gasteiger partial charge < -0.3 is 33.8 Å². The maximum Gasteiger partial charge on any atom is 0.472 e. The second kappa shape index (κ2) is 61.6. The molecule has 0 heterocycles. The first-order valence-corrected chi connectivity index (χ1v) is 38.6. The Morgan fingerprint density at radius 1 is 0.310 bits per heavy atom. The topological polar surface area (TPSA) is 237 Å². The minimum absolute atomic E-state index is 0.105. The van der Waals surface area contributed by atoms with E-state index in [9.17, 15) is 43.2 Å². The molecular formula is C68H132O17P2. The normalized spacial score (nSPS) is 14.1. The van der Waals surface area contributed by atoms with Gasteiger partial charge in [0, 0.05) is 25.7 Å². The van der Waals surface area contributed by atoms with Crippen molar-refractivity contribution in [2.24, 2.45) is 5.92 Å². The molecule has 0 aliphatic carbocycles. The fourth-order valence-corrected chi connectivity index (χ4v) is 11.9. The lowest BCUT2D eigenvalue weighted by Crippen LogP contribution is -2.30. The van der Waals surface area contributed by atoms with Crippen molar-refractivity contribution in [1.29, 1.82) is 0 Å². The van der Waals surface area contributed by atoms with Crippen molar-refractivity contribution in [3.8, 4) is 0 Å². The number of aliphatic hydroxyl groups is 1. The van der Waals surface area contributed by atoms with Gasteiger partial charge in [0.2, 0.25) is 0 Å². The quantitative estimate of drug-likeness (QED) is 0.0222. The Labute approximate surface area is 530 Å². The van der Waals surface area contributed by atoms with Crippen LogP contribution in [-0.2, 0) is 65.4 Å². The molecule has 5 atom stereocenters. The highest BCUT2D eigenvalue weighted by Gasteiger charge is 2.30. The predicted molar refractivity (Wildman–Crippen MR) is 349 cm³/mol. The molecule has 0 saturated heterocycles. The van der Waals surface area contributed by atoms with Crippen LogP contribution in [0.4, 0.5) is 0 Å². The number of carbonyl (C=O) groups is 4. The number of aliphatic hydroxyl groups excluding tert-OH is 1. The second-order valence-corrected chi connectivity index (χ2v) is 27.9. The molecule has 0 amide bonds. The van der Waals surface area contributed by atoms with Gasteiger partial charge in [0.05, 0.1) is 26.4 Å². The van der Waals surface area contributed by atoms with Crippen LogP contribution in [0.2, 0.25) is 0 Å². The summed E-state index contributed by atoms with van der Waals surface area (Å²) in [7, 11) is -9.89. The zero-order valence-corrected chi connectivity index (χ0v) is 57.9. The van der Waals surface area contributed by atoms with E-state index in [4.69, 9.17) is 37.0 Å². The van der Waals surface area contributed by atoms with Crippen LogP contribution in [0.25, 0.3) is 0 Å². The average molecular weight is 1280 g/mol. The summed E-state index contributed by atoms with van der Waals surface area (Å²) in [4.78, 5) is 72.3. The van der Waals surface area contributed by atoms with Crippen LogP contribution in [0.15, 0.2) is 0 Å². The lowest BCUT2D eigenvalue weighted by molar-refractivity contribution is -0.161. The summed E-state index contributed by atoms with van der Waals surface area (Å²) < 4.78 is 68.1. The number of rotatable bonds is 68. The highest BCUT2D eigenvalue weighted by molar-refractivity contribution is 7.47. The highest BCUT2D eigenvalue weighted by Crippen LogP contribution is 2.45. The molecule has 0 rings (SSSR count). The summed E-state index contributed by atoms with van der Waals surface area (Å²) in [6.07, 6.45) is 47.3. The van der Waals surface area contributed by atoms with E-state index in [1.165, 1.54) is 161 Å². The first-order valence-electron chi connectivity index (χ1n) is 35.6. The summed E-state index contributed by atoms with van der Waals surface area (Å²) in [6, 6.07) is 0. The van der Waals surface area contributed by atoms with Crippen LogP contribution < -0.4 is 0 Å². The van der Waals surface area contributed by atoms with E-state index in [1.807, 2.05) is 0 Å². The molecule has 3 N–H and O–H groups in total. The van der Waals surface area contributed by atoms with Gasteiger partial charge >= 0.3 is 39.5 Å². The van der Waals surface area contributed by atoms with E-state index in [0.29, 0.717) is 25.7 Å². The molecule has 19 heteroatoms. The predicted octanol–water partition coefficient (Wildman–Crippen LogP) is 19.4. The van der Waals surface area contributed by atoms with Crippen molar-refractivity contribution < 1.29 is 80.2 Å². The van der Waals surface area contributed by atoms with E-state index in [2.05, 4.69) is 34.6 Å². The zero-order chi connectivity index (χ0) is 64.2. The number of phosphoric ester groups is 2. The van der Waals surface area contributed by atoms with Crippen LogP contribution in [0.5, 0.6) is 0 Å². The van der Waals surface area contributed by atoms with Crippen molar-refractivity contribution in [1.82, 2.24) is 0 Å². The fourth-order valence-electron chi connectivity index (χ4n) is 10.3. The Kier molecular flexibility index (Phi) is 60.2. The Bertz CT molecular complexity index is 1690. The van der Waals surface area contributed by atoms with Gasteiger partial charge in [-0.3, -0.25) is 37.3 Å². The third-order valence-electron chi connectivity index (χ3n) is 15.8. The van der Waals surface area contributed by atoms with E-state index in [0.717, 1.165) is 109 Å². The third-order valence-corrected chi connectivity index (χ3v) is 17.7. The molecule has 0 bridgehead atoms. The molecule has 0 radical (unpaired) electrons. The molecule has 87 heavy (non-hydrogen) atoms. The number of hydrogen-bond acceptors (Lipinski definition) is 15. The Morgan fingerprint density at radius 2 is 0.529 bits per heavy atom. The number of unbranched alkanes of at least 4 members (excludes halogenated alkanes) is 40. The number of esters is 4. The van der Waals surface area contributed by atoms with Crippen molar-refractivity contribution in [2.45, 2.75) is 368 Å². The van der Waals surface area contributed by atoms with Crippen molar-refractivity contribution in [2.75, 3.05) is 39.6 Å². The monoisotopic (exact) mass is 1280 g/mol. The molecule has 0 aliphatic heterocycles. The molecule has 0 aromatic rings. The summed E-state index contributed by atoms with van der Waals surface area (Å²) in [5.41, 5.74) is 0. The Morgan fingerprint density at radius 3 is 0.782 bits per heavy atom. The van der Waals surface area contributed by atoms with Gasteiger partial charge in [-0.15, -0.1) is 0 Å². The average Bonchev–Trinajstić information content (AvgIpc) is 3.70. The van der Waals surface area contributed by atoms with Crippen LogP contribution in [0.1, 0.15) is 349 Å². The highest BCUT2D eigenvalue weighted by atomic mass is 31.2. The fraction of sp³-hybridized carbons (Fsp3) is 0.941. The Hall–Kier alpha value is -1.94. The van der Waals surface area contributed by atoms with Crippen LogP contribution in [0, 0.1) is 5.92 Å². The molecule has 0 aliphatic rings. The lowest BCUT2D eigenvalue weighted by atomic mass is 10.0. The van der Waals surface area contributed by atoms with Gasteiger partial charge in [0.25, 0.3) is 0 Å². The van der Waals surface area contributed by atoms with Crippen LogP contribution in [-0.4, -0.2) is 96.7 Å². The molecule has 516 valence electrons. The molecule has 0 aromatic heterocycles. The number of carbonyl (C=O) groups excluding carboxylic acids is 4. The van der Waals surface area contributed by atoms with Gasteiger partial charge in [-0.05, 0) is 31.6 Å². The Balaban J connectivity index is 5.18. The van der Waals surface area contributed by atoms with Gasteiger partial charge in [-0.1, -0.05) is 298 Å². The van der Waals surface area contributed by atoms with E-state index < -0.39 is 97.5 Å². The lowest BCUT2D eigenvalue weighted by Gasteiger charge is -2.21. The zero-order valence-electron chi connectivity index (χ0n) is 56.2. The third kappa shape index (κ3) is 62.6. The second-order valence-electron chi connectivity index (χ2n) is 25.0. The van der Waals surface area contributed by atoms with Gasteiger partial charge in [-0.2, -0.15) is 0 Å². The summed E-state index contributed by atoms with van der Waals surface area (Å²) in [5, 5.41) is 10.5. The molecule has 2 unspecified atom stereocenters. The standard InChI is InChI=1S/C68H132O17P2/c1-6-9-12-15-18-21-22-23-27-30-33-38-42-47-52-66(71)79-58-64(85-68(73)54-49-44-39-34-31-28-25-24-26-29-32-35-40-45-50-61(4)5)60-83-87(76,77)81-56-62(69)55-80-86(74,75)82-59-63(84-67(72)53-48-43-37-20-17-14-11-8-3)57-78-65(70)51-46-41-36-19-16-13-10-7-2/h61-64,69H,6-60H2,1-5H3,(H,74,75)(H,76,77)/t62-,63+,64+/m0/s1. The minimum atomic E-state index is -4.95. The summed E-state index contributed by atoms with van der Waals surface area (Å²) in [5.74, 6) is -1.33. The number of phosphoric acid groups is 2. The van der Waals surface area contributed by atoms with E-state index >= 15 is 0 Å². The van der Waals surface area contributed by atoms with E-state index in [-0.39, 0.29) is 25.7 Å². The molecule has 0 saturated carbocycles. The largest absolute Gasteiger partial charge is 0.472 e. The van der Waals surface area contributed by atoms with Gasteiger partial charge in [0.1, 0.15) is 19.3 Å². The maximum atomic E-state index is 13.0. The van der Waals surface area contributed by atoms with Crippen molar-refractivity contribution in [3.05, 3.63) is 0 Å². The number of ether oxygens (including phenoxy) is 4. The van der Waals surface area contributed by atoms with Crippen molar-refractivity contribution in [3.63, 3.8) is 0 Å². The molecule has 0 fully saturated rings. The number of hydrogen-bond donors (Lipinski definition) is 3. The maximum absolute atomic E-state index is 13.0. The van der Waals surface area contributed by atoms with Crippen molar-refractivity contribution >= 4 is 39.5 Å².